The molecule has 206 valence electrons. The summed E-state index contributed by atoms with van der Waals surface area (Å²) in [6, 6.07) is 16.0. The molecule has 3 atom stereocenters. The van der Waals surface area contributed by atoms with E-state index in [4.69, 9.17) is 0 Å². The molecule has 0 bridgehead atoms. The highest BCUT2D eigenvalue weighted by Crippen LogP contribution is 2.46. The Hall–Kier alpha value is -4.73. The van der Waals surface area contributed by atoms with Gasteiger partial charge in [-0.3, -0.25) is 14.4 Å². The molecule has 3 heterocycles. The van der Waals surface area contributed by atoms with Gasteiger partial charge < -0.3 is 15.1 Å². The predicted octanol–water partition coefficient (Wildman–Crippen LogP) is 2.54. The Kier molecular flexibility index (Phi) is 6.79. The van der Waals surface area contributed by atoms with Crippen LogP contribution in [0.25, 0.3) is 0 Å². The number of nitrogens with zero attached hydrogens (tertiary/aromatic N) is 6. The fraction of sp³-hybridized carbons (Fsp3) is 0.333. The van der Waals surface area contributed by atoms with Crippen molar-refractivity contribution in [3.05, 3.63) is 77.6 Å². The number of alkyl halides is 3. The molecule has 2 aliphatic heterocycles. The molecule has 2 aliphatic rings. The maximum atomic E-state index is 14.1. The van der Waals surface area contributed by atoms with Crippen LogP contribution in [-0.2, 0) is 28.0 Å². The number of carbonyl (C=O) groups is 3. The molecule has 1 N–H and O–H groups in total. The van der Waals surface area contributed by atoms with E-state index in [9.17, 15) is 32.8 Å². The minimum absolute atomic E-state index is 0.0586. The summed E-state index contributed by atoms with van der Waals surface area (Å²) in [5, 5.41) is 19.8. The molecule has 1 saturated heterocycles. The number of amides is 3. The van der Waals surface area contributed by atoms with E-state index in [1.54, 1.807) is 54.6 Å². The molecule has 3 aromatic rings. The first-order chi connectivity index (χ1) is 19.0. The van der Waals surface area contributed by atoms with Crippen molar-refractivity contribution in [1.82, 2.24) is 24.8 Å². The molecule has 13 heteroatoms. The largest absolute Gasteiger partial charge is 0.408 e. The highest BCUT2D eigenvalue weighted by Gasteiger charge is 2.56. The molecule has 0 saturated carbocycles. The number of anilines is 1. The number of nitrogens with one attached hydrogen (secondary N) is 1. The number of rotatable bonds is 6. The fourth-order valence-electron chi connectivity index (χ4n) is 5.38. The average molecular weight is 552 g/mol. The summed E-state index contributed by atoms with van der Waals surface area (Å²) in [7, 11) is 1.35. The van der Waals surface area contributed by atoms with Crippen molar-refractivity contribution in [1.29, 1.82) is 5.26 Å². The second-order valence-corrected chi connectivity index (χ2v) is 9.94. The monoisotopic (exact) mass is 551 g/mol. The minimum atomic E-state index is -4.56. The SMILES string of the molecule is CN(C(=O)c1cn(CC(F)(F)F)nn1)[C@@H](Cc1ccccc1)C(=O)N1C[C@]2(C[C@H]1C#N)C(=O)Nc1ccccc12. The second-order valence-electron chi connectivity index (χ2n) is 9.94. The number of likely N-dealkylation sites (N-methyl/N-ethyl adjacent to an activating group) is 1. The van der Waals surface area contributed by atoms with Gasteiger partial charge in [0, 0.05) is 32.1 Å². The Morgan fingerprint density at radius 2 is 1.90 bits per heavy atom. The summed E-state index contributed by atoms with van der Waals surface area (Å²) in [5.41, 5.74) is 0.547. The van der Waals surface area contributed by atoms with Gasteiger partial charge in [0.05, 0.1) is 17.7 Å². The zero-order valence-corrected chi connectivity index (χ0v) is 21.3. The van der Waals surface area contributed by atoms with Crippen LogP contribution in [0.2, 0.25) is 0 Å². The molecule has 1 aromatic heterocycles. The number of hydrogen-bond acceptors (Lipinski definition) is 6. The summed E-state index contributed by atoms with van der Waals surface area (Å²) in [4.78, 5) is 43.0. The standard InChI is InChI=1S/C27H24F3N7O3/c1-35(23(38)21-14-36(34-33-21)16-27(28,29)30)22(11-17-7-3-2-4-8-17)24(39)37-15-26(12-18(37)13-31)19-9-5-6-10-20(19)32-25(26)40/h2-10,14,18,22H,11-12,15-16H2,1H3,(H,32,40)/t18-,22-,26-/m0/s1. The minimum Gasteiger partial charge on any atom is -0.328 e. The van der Waals surface area contributed by atoms with Crippen LogP contribution >= 0.6 is 0 Å². The average Bonchev–Trinajstić information content (AvgIpc) is 3.62. The van der Waals surface area contributed by atoms with Crippen molar-refractivity contribution in [3.8, 4) is 6.07 Å². The molecule has 0 aliphatic carbocycles. The summed E-state index contributed by atoms with van der Waals surface area (Å²) in [6.45, 7) is -1.49. The van der Waals surface area contributed by atoms with Crippen LogP contribution in [0.15, 0.2) is 60.8 Å². The maximum absolute atomic E-state index is 14.1. The normalized spacial score (nSPS) is 20.6. The van der Waals surface area contributed by atoms with Gasteiger partial charge in [0.15, 0.2) is 5.69 Å². The van der Waals surface area contributed by atoms with Gasteiger partial charge in [-0.25, -0.2) is 4.68 Å². The molecule has 40 heavy (non-hydrogen) atoms. The molecular formula is C27H24F3N7O3. The molecule has 0 unspecified atom stereocenters. The van der Waals surface area contributed by atoms with E-state index in [0.29, 0.717) is 21.5 Å². The number of nitriles is 1. The van der Waals surface area contributed by atoms with Crippen molar-refractivity contribution < 1.29 is 27.6 Å². The molecular weight excluding hydrogens is 527 g/mol. The van der Waals surface area contributed by atoms with Gasteiger partial charge >= 0.3 is 6.18 Å². The van der Waals surface area contributed by atoms with Crippen LogP contribution in [0.5, 0.6) is 0 Å². The predicted molar refractivity (Wildman–Crippen MR) is 135 cm³/mol. The Labute approximate surface area is 227 Å². The van der Waals surface area contributed by atoms with Crippen LogP contribution in [0.1, 0.15) is 28.0 Å². The maximum Gasteiger partial charge on any atom is 0.408 e. The lowest BCUT2D eigenvalue weighted by atomic mass is 9.80. The van der Waals surface area contributed by atoms with E-state index in [2.05, 4.69) is 21.7 Å². The first kappa shape index (κ1) is 26.9. The van der Waals surface area contributed by atoms with Crippen molar-refractivity contribution >= 4 is 23.4 Å². The lowest BCUT2D eigenvalue weighted by Gasteiger charge is -2.32. The van der Waals surface area contributed by atoms with Crippen molar-refractivity contribution in [2.75, 3.05) is 18.9 Å². The number of halogens is 3. The molecule has 0 radical (unpaired) electrons. The van der Waals surface area contributed by atoms with E-state index >= 15 is 0 Å². The van der Waals surface area contributed by atoms with E-state index in [-0.39, 0.29) is 31.0 Å². The fourth-order valence-corrected chi connectivity index (χ4v) is 5.38. The molecule has 3 amide bonds. The Morgan fingerprint density at radius 3 is 2.60 bits per heavy atom. The third kappa shape index (κ3) is 4.88. The van der Waals surface area contributed by atoms with Crippen LogP contribution < -0.4 is 5.32 Å². The number of likely N-dealkylation sites (tertiary alicyclic amines) is 1. The van der Waals surface area contributed by atoms with Crippen LogP contribution in [-0.4, -0.2) is 74.4 Å². The first-order valence-electron chi connectivity index (χ1n) is 12.4. The Balaban J connectivity index is 1.46. The van der Waals surface area contributed by atoms with Crippen molar-refractivity contribution in [3.63, 3.8) is 0 Å². The number of benzene rings is 2. The summed E-state index contributed by atoms with van der Waals surface area (Å²) < 4.78 is 38.9. The number of para-hydroxylation sites is 1. The highest BCUT2D eigenvalue weighted by atomic mass is 19.4. The zero-order chi connectivity index (χ0) is 28.7. The van der Waals surface area contributed by atoms with E-state index in [1.165, 1.54) is 11.9 Å². The summed E-state index contributed by atoms with van der Waals surface area (Å²) in [6.07, 6.45) is -3.55. The van der Waals surface area contributed by atoms with Gasteiger partial charge in [0.25, 0.3) is 5.91 Å². The molecule has 1 fully saturated rings. The van der Waals surface area contributed by atoms with Gasteiger partial charge in [0.1, 0.15) is 18.6 Å². The number of carbonyl (C=O) groups excluding carboxylic acids is 3. The molecule has 2 aromatic carbocycles. The van der Waals surface area contributed by atoms with Gasteiger partial charge in [0.2, 0.25) is 11.8 Å². The second kappa shape index (κ2) is 10.1. The molecule has 5 rings (SSSR count). The van der Waals surface area contributed by atoms with Gasteiger partial charge in [-0.1, -0.05) is 53.7 Å². The van der Waals surface area contributed by atoms with Crippen molar-refractivity contribution in [2.24, 2.45) is 0 Å². The number of fused-ring (bicyclic) bond motifs is 2. The van der Waals surface area contributed by atoms with E-state index in [0.717, 1.165) is 11.1 Å². The Bertz CT molecular complexity index is 1500. The van der Waals surface area contributed by atoms with Gasteiger partial charge in [-0.2, -0.15) is 18.4 Å². The number of hydrogen-bond donors (Lipinski definition) is 1. The quantitative estimate of drug-likeness (QED) is 0.502. The molecule has 1 spiro atoms. The lowest BCUT2D eigenvalue weighted by molar-refractivity contribution is -0.143. The topological polar surface area (TPSA) is 124 Å². The zero-order valence-electron chi connectivity index (χ0n) is 21.3. The smallest absolute Gasteiger partial charge is 0.328 e. The van der Waals surface area contributed by atoms with E-state index < -0.39 is 42.0 Å². The molecule has 10 nitrogen and oxygen atoms in total. The summed E-state index contributed by atoms with van der Waals surface area (Å²) >= 11 is 0. The van der Waals surface area contributed by atoms with Gasteiger partial charge in [-0.05, 0) is 17.2 Å². The first-order valence-corrected chi connectivity index (χ1v) is 12.4. The van der Waals surface area contributed by atoms with E-state index in [1.807, 2.05) is 0 Å². The van der Waals surface area contributed by atoms with Crippen LogP contribution in [0.4, 0.5) is 18.9 Å². The van der Waals surface area contributed by atoms with Crippen LogP contribution in [0, 0.1) is 11.3 Å². The summed E-state index contributed by atoms with van der Waals surface area (Å²) in [5.74, 6) is -1.69. The highest BCUT2D eigenvalue weighted by molar-refractivity contribution is 6.07. The van der Waals surface area contributed by atoms with Crippen LogP contribution in [0.3, 0.4) is 0 Å². The van der Waals surface area contributed by atoms with Gasteiger partial charge in [-0.15, -0.1) is 5.10 Å². The lowest BCUT2D eigenvalue weighted by Crippen LogP contribution is -2.52. The third-order valence-corrected chi connectivity index (χ3v) is 7.36. The number of aromatic nitrogens is 3. The Morgan fingerprint density at radius 1 is 1.20 bits per heavy atom. The van der Waals surface area contributed by atoms with Crippen molar-refractivity contribution in [2.45, 2.75) is 43.1 Å². The third-order valence-electron chi connectivity index (χ3n) is 7.36.